The van der Waals surface area contributed by atoms with E-state index in [0.29, 0.717) is 25.9 Å². The Morgan fingerprint density at radius 3 is 1.33 bits per heavy atom. The summed E-state index contributed by atoms with van der Waals surface area (Å²) < 4.78 is 5.44. The van der Waals surface area contributed by atoms with Gasteiger partial charge in [0.05, 0.1) is 25.4 Å². The predicted molar refractivity (Wildman–Crippen MR) is 237 cm³/mol. The van der Waals surface area contributed by atoms with Gasteiger partial charge in [-0.25, -0.2) is 0 Å². The minimum Gasteiger partial charge on any atom is -0.466 e. The maximum Gasteiger partial charge on any atom is 0.305 e. The highest BCUT2D eigenvalue weighted by Crippen LogP contribution is 2.16. The Morgan fingerprint density at radius 1 is 0.491 bits per heavy atom. The number of aliphatic hydroxyl groups excluding tert-OH is 2. The van der Waals surface area contributed by atoms with Crippen molar-refractivity contribution in [2.45, 2.75) is 276 Å². The standard InChI is InChI=1S/C49H95NO5/c1-3-5-7-9-11-13-15-17-18-21-25-29-33-37-41-47(52)46(45-51)50-48(53)42-38-34-30-26-22-19-20-24-28-32-36-40-44-55-49(54)43-39-35-31-27-23-16-14-12-10-8-6-4-2/h12,14,46-47,51-52H,3-11,13,15-45H2,1-2H3,(H,50,53)/b14-12-. The topological polar surface area (TPSA) is 95.9 Å². The second-order valence-corrected chi connectivity index (χ2v) is 16.8. The second-order valence-electron chi connectivity index (χ2n) is 16.8. The molecule has 0 saturated carbocycles. The molecule has 2 atom stereocenters. The summed E-state index contributed by atoms with van der Waals surface area (Å²) in [5.74, 6) is -0.0698. The zero-order valence-electron chi connectivity index (χ0n) is 36.9. The number of rotatable bonds is 45. The van der Waals surface area contributed by atoms with Gasteiger partial charge in [-0.15, -0.1) is 0 Å². The molecule has 0 saturated heterocycles. The van der Waals surface area contributed by atoms with Crippen molar-refractivity contribution in [3.05, 3.63) is 12.2 Å². The number of hydrogen-bond donors (Lipinski definition) is 3. The van der Waals surface area contributed by atoms with Crippen LogP contribution in [0.5, 0.6) is 0 Å². The largest absolute Gasteiger partial charge is 0.466 e. The molecule has 0 bridgehead atoms. The molecule has 0 radical (unpaired) electrons. The third kappa shape index (κ3) is 42.0. The molecule has 6 heteroatoms. The van der Waals surface area contributed by atoms with Gasteiger partial charge in [0, 0.05) is 12.8 Å². The van der Waals surface area contributed by atoms with Gasteiger partial charge < -0.3 is 20.3 Å². The first-order valence-electron chi connectivity index (χ1n) is 24.4. The third-order valence-electron chi connectivity index (χ3n) is 11.3. The van der Waals surface area contributed by atoms with Gasteiger partial charge in [-0.3, -0.25) is 9.59 Å². The van der Waals surface area contributed by atoms with E-state index in [2.05, 4.69) is 31.3 Å². The first kappa shape index (κ1) is 53.6. The van der Waals surface area contributed by atoms with Crippen molar-refractivity contribution in [1.29, 1.82) is 0 Å². The van der Waals surface area contributed by atoms with E-state index in [1.54, 1.807) is 0 Å². The summed E-state index contributed by atoms with van der Waals surface area (Å²) in [6.45, 7) is 4.89. The van der Waals surface area contributed by atoms with Crippen LogP contribution in [0.2, 0.25) is 0 Å². The number of unbranched alkanes of at least 4 members (excludes halogenated alkanes) is 32. The quantitative estimate of drug-likeness (QED) is 0.0325. The van der Waals surface area contributed by atoms with Crippen LogP contribution in [-0.2, 0) is 14.3 Å². The Kier molecular flexibility index (Phi) is 44.2. The van der Waals surface area contributed by atoms with Gasteiger partial charge in [-0.1, -0.05) is 212 Å². The van der Waals surface area contributed by atoms with E-state index in [1.807, 2.05) is 0 Å². The van der Waals surface area contributed by atoms with Crippen molar-refractivity contribution >= 4 is 11.9 Å². The molecule has 0 aromatic heterocycles. The number of esters is 1. The van der Waals surface area contributed by atoms with Crippen LogP contribution in [0.4, 0.5) is 0 Å². The Labute approximate surface area is 342 Å². The van der Waals surface area contributed by atoms with Crippen molar-refractivity contribution in [1.82, 2.24) is 5.32 Å². The molecule has 1 amide bonds. The molecule has 3 N–H and O–H groups in total. The molecule has 326 valence electrons. The van der Waals surface area contributed by atoms with Gasteiger partial charge in [0.25, 0.3) is 0 Å². The van der Waals surface area contributed by atoms with Gasteiger partial charge in [0.15, 0.2) is 0 Å². The summed E-state index contributed by atoms with van der Waals surface area (Å²) in [5, 5.41) is 23.2. The van der Waals surface area contributed by atoms with Gasteiger partial charge in [-0.2, -0.15) is 0 Å². The van der Waals surface area contributed by atoms with Crippen molar-refractivity contribution in [2.75, 3.05) is 13.2 Å². The first-order chi connectivity index (χ1) is 27.0. The lowest BCUT2D eigenvalue weighted by molar-refractivity contribution is -0.143. The monoisotopic (exact) mass is 778 g/mol. The molecule has 0 aliphatic heterocycles. The van der Waals surface area contributed by atoms with E-state index < -0.39 is 12.1 Å². The highest BCUT2D eigenvalue weighted by atomic mass is 16.5. The number of carbonyl (C=O) groups excluding carboxylic acids is 2. The van der Waals surface area contributed by atoms with Crippen LogP contribution < -0.4 is 5.32 Å². The average Bonchev–Trinajstić information content (AvgIpc) is 3.18. The zero-order chi connectivity index (χ0) is 40.1. The lowest BCUT2D eigenvalue weighted by Crippen LogP contribution is -2.45. The smallest absolute Gasteiger partial charge is 0.305 e. The third-order valence-corrected chi connectivity index (χ3v) is 11.3. The van der Waals surface area contributed by atoms with Gasteiger partial charge >= 0.3 is 5.97 Å². The minimum absolute atomic E-state index is 0.0193. The van der Waals surface area contributed by atoms with Crippen molar-refractivity contribution < 1.29 is 24.5 Å². The summed E-state index contributed by atoms with van der Waals surface area (Å²) in [6.07, 6.45) is 50.2. The minimum atomic E-state index is -0.673. The highest BCUT2D eigenvalue weighted by molar-refractivity contribution is 5.76. The summed E-state index contributed by atoms with van der Waals surface area (Å²) >= 11 is 0. The number of ether oxygens (including phenoxy) is 1. The van der Waals surface area contributed by atoms with Crippen molar-refractivity contribution in [2.24, 2.45) is 0 Å². The summed E-state index contributed by atoms with van der Waals surface area (Å²) in [6, 6.07) is -0.552. The molecule has 2 unspecified atom stereocenters. The summed E-state index contributed by atoms with van der Waals surface area (Å²) in [5.41, 5.74) is 0. The van der Waals surface area contributed by atoms with Gasteiger partial charge in [0.2, 0.25) is 5.91 Å². The molecule has 0 spiro atoms. The van der Waals surface area contributed by atoms with E-state index >= 15 is 0 Å². The van der Waals surface area contributed by atoms with E-state index in [1.165, 1.54) is 173 Å². The lowest BCUT2D eigenvalue weighted by Gasteiger charge is -2.22. The van der Waals surface area contributed by atoms with Gasteiger partial charge in [-0.05, 0) is 51.4 Å². The number of amides is 1. The Balaban J connectivity index is 3.47. The number of aliphatic hydroxyl groups is 2. The highest BCUT2D eigenvalue weighted by Gasteiger charge is 2.20. The van der Waals surface area contributed by atoms with Crippen LogP contribution in [0.25, 0.3) is 0 Å². The second kappa shape index (κ2) is 45.3. The summed E-state index contributed by atoms with van der Waals surface area (Å²) in [7, 11) is 0. The van der Waals surface area contributed by atoms with E-state index in [0.717, 1.165) is 57.8 Å². The maximum atomic E-state index is 12.4. The van der Waals surface area contributed by atoms with Gasteiger partial charge in [0.1, 0.15) is 0 Å². The van der Waals surface area contributed by atoms with E-state index in [9.17, 15) is 19.8 Å². The Morgan fingerprint density at radius 2 is 0.855 bits per heavy atom. The maximum absolute atomic E-state index is 12.4. The normalized spacial score (nSPS) is 12.7. The lowest BCUT2D eigenvalue weighted by atomic mass is 10.0. The molecule has 55 heavy (non-hydrogen) atoms. The average molecular weight is 778 g/mol. The van der Waals surface area contributed by atoms with Crippen molar-refractivity contribution in [3.63, 3.8) is 0 Å². The zero-order valence-corrected chi connectivity index (χ0v) is 36.9. The number of carbonyl (C=O) groups is 2. The van der Waals surface area contributed by atoms with Crippen LogP contribution >= 0.6 is 0 Å². The number of allylic oxidation sites excluding steroid dienone is 2. The van der Waals surface area contributed by atoms with Crippen LogP contribution in [0.3, 0.4) is 0 Å². The molecule has 0 fully saturated rings. The van der Waals surface area contributed by atoms with Crippen LogP contribution in [0.1, 0.15) is 264 Å². The fourth-order valence-electron chi connectivity index (χ4n) is 7.51. The Hall–Kier alpha value is -1.40. The molecule has 0 rings (SSSR count). The predicted octanol–water partition coefficient (Wildman–Crippen LogP) is 14.2. The number of hydrogen-bond acceptors (Lipinski definition) is 5. The SMILES string of the molecule is CCCCC/C=C\CCCCCCCC(=O)OCCCCCCCCCCCCCCC(=O)NC(CO)C(O)CCCCCCCCCCCCCCCC. The van der Waals surface area contributed by atoms with Crippen LogP contribution in [-0.4, -0.2) is 47.4 Å². The molecule has 0 aliphatic carbocycles. The van der Waals surface area contributed by atoms with E-state index in [4.69, 9.17) is 4.74 Å². The molecule has 0 aromatic carbocycles. The van der Waals surface area contributed by atoms with Crippen LogP contribution in [0.15, 0.2) is 12.2 Å². The number of nitrogens with one attached hydrogen (secondary N) is 1. The molecule has 6 nitrogen and oxygen atoms in total. The summed E-state index contributed by atoms with van der Waals surface area (Å²) in [4.78, 5) is 24.4. The molecule has 0 aromatic rings. The van der Waals surface area contributed by atoms with E-state index in [-0.39, 0.29) is 18.5 Å². The molecule has 0 aliphatic rings. The molecular formula is C49H95NO5. The fourth-order valence-corrected chi connectivity index (χ4v) is 7.51. The molecular weight excluding hydrogens is 683 g/mol. The Bertz CT molecular complexity index is 817. The van der Waals surface area contributed by atoms with Crippen molar-refractivity contribution in [3.8, 4) is 0 Å². The van der Waals surface area contributed by atoms with Crippen LogP contribution in [0, 0.1) is 0 Å². The molecule has 0 heterocycles. The fraction of sp³-hybridized carbons (Fsp3) is 0.918. The first-order valence-corrected chi connectivity index (χ1v) is 24.4.